The highest BCUT2D eigenvalue weighted by Crippen LogP contribution is 2.12. The summed E-state index contributed by atoms with van der Waals surface area (Å²) in [5.74, 6) is 0.191. The Morgan fingerprint density at radius 1 is 1.07 bits per heavy atom. The Labute approximate surface area is 165 Å². The molecule has 0 fully saturated rings. The first-order valence-electron chi connectivity index (χ1n) is 8.72. The molecule has 4 aromatic rings. The van der Waals surface area contributed by atoms with Crippen molar-refractivity contribution in [2.24, 2.45) is 0 Å². The fourth-order valence-electron chi connectivity index (χ4n) is 2.60. The zero-order valence-corrected chi connectivity index (χ0v) is 15.1. The second-order valence-corrected chi connectivity index (χ2v) is 6.05. The number of carbonyl (C=O) groups excluding carboxylic acids is 2. The zero-order chi connectivity index (χ0) is 20.1. The van der Waals surface area contributed by atoms with E-state index in [2.05, 4.69) is 25.7 Å². The van der Waals surface area contributed by atoms with Crippen LogP contribution >= 0.6 is 0 Å². The van der Waals surface area contributed by atoms with E-state index in [4.69, 9.17) is 4.42 Å². The van der Waals surface area contributed by atoms with Crippen LogP contribution in [0.2, 0.25) is 0 Å². The average molecular weight is 388 g/mol. The lowest BCUT2D eigenvalue weighted by atomic mass is 10.2. The fraction of sp³-hybridized carbons (Fsp3) is 0.0500. The number of aromatic nitrogens is 4. The predicted octanol–water partition coefficient (Wildman–Crippen LogP) is 2.44. The molecular formula is C20H16N6O3. The molecule has 0 aliphatic carbocycles. The van der Waals surface area contributed by atoms with Crippen molar-refractivity contribution < 1.29 is 14.0 Å². The van der Waals surface area contributed by atoms with Crippen LogP contribution < -0.4 is 10.6 Å². The standard InChI is InChI=1S/C20H16N6O3/c27-19(15-7-8-22-18(10-15)26-13-21-12-24-26)23-11-14-3-5-16(6-4-14)25-20(28)17-2-1-9-29-17/h1-10,12-13H,11H2,(H,23,27)(H,25,28). The monoisotopic (exact) mass is 388 g/mol. The van der Waals surface area contributed by atoms with E-state index in [1.807, 2.05) is 12.1 Å². The van der Waals surface area contributed by atoms with E-state index in [0.29, 0.717) is 23.6 Å². The summed E-state index contributed by atoms with van der Waals surface area (Å²) in [4.78, 5) is 32.4. The third kappa shape index (κ3) is 4.35. The number of hydrogen-bond donors (Lipinski definition) is 2. The van der Waals surface area contributed by atoms with Crippen molar-refractivity contribution in [3.63, 3.8) is 0 Å². The first-order chi connectivity index (χ1) is 14.2. The minimum Gasteiger partial charge on any atom is -0.459 e. The Bertz CT molecular complexity index is 1110. The van der Waals surface area contributed by atoms with Crippen molar-refractivity contribution >= 4 is 17.5 Å². The maximum atomic E-state index is 12.4. The third-order valence-corrected chi connectivity index (χ3v) is 4.07. The summed E-state index contributed by atoms with van der Waals surface area (Å²) in [7, 11) is 0. The first kappa shape index (κ1) is 18.1. The molecule has 0 unspecified atom stereocenters. The van der Waals surface area contributed by atoms with Gasteiger partial charge in [0.2, 0.25) is 0 Å². The van der Waals surface area contributed by atoms with E-state index in [0.717, 1.165) is 5.56 Å². The van der Waals surface area contributed by atoms with E-state index >= 15 is 0 Å². The van der Waals surface area contributed by atoms with Gasteiger partial charge in [0.15, 0.2) is 11.6 Å². The molecule has 0 atom stereocenters. The fourth-order valence-corrected chi connectivity index (χ4v) is 2.60. The molecule has 144 valence electrons. The van der Waals surface area contributed by atoms with E-state index in [1.165, 1.54) is 23.6 Å². The highest BCUT2D eigenvalue weighted by molar-refractivity contribution is 6.02. The van der Waals surface area contributed by atoms with Gasteiger partial charge in [-0.15, -0.1) is 0 Å². The van der Waals surface area contributed by atoms with Crippen molar-refractivity contribution in [2.45, 2.75) is 6.54 Å². The van der Waals surface area contributed by atoms with Crippen LogP contribution in [0.1, 0.15) is 26.5 Å². The SMILES string of the molecule is O=C(NCc1ccc(NC(=O)c2ccco2)cc1)c1ccnc(-n2cncn2)c1. The number of anilines is 1. The number of nitrogens with zero attached hydrogens (tertiary/aromatic N) is 4. The molecule has 0 saturated carbocycles. The third-order valence-electron chi connectivity index (χ3n) is 4.07. The number of nitrogens with one attached hydrogen (secondary N) is 2. The van der Waals surface area contributed by atoms with Gasteiger partial charge in [0.25, 0.3) is 11.8 Å². The molecule has 4 rings (SSSR count). The molecule has 0 bridgehead atoms. The quantitative estimate of drug-likeness (QED) is 0.524. The zero-order valence-electron chi connectivity index (χ0n) is 15.1. The molecule has 0 radical (unpaired) electrons. The van der Waals surface area contributed by atoms with Gasteiger partial charge in [-0.1, -0.05) is 12.1 Å². The molecule has 9 nitrogen and oxygen atoms in total. The molecule has 0 saturated heterocycles. The lowest BCUT2D eigenvalue weighted by molar-refractivity contribution is 0.0949. The lowest BCUT2D eigenvalue weighted by Crippen LogP contribution is -2.23. The van der Waals surface area contributed by atoms with Gasteiger partial charge in [-0.05, 0) is 42.0 Å². The minimum atomic E-state index is -0.322. The summed E-state index contributed by atoms with van der Waals surface area (Å²) < 4.78 is 6.54. The number of hydrogen-bond acceptors (Lipinski definition) is 6. The highest BCUT2D eigenvalue weighted by atomic mass is 16.3. The van der Waals surface area contributed by atoms with E-state index < -0.39 is 0 Å². The Morgan fingerprint density at radius 3 is 2.66 bits per heavy atom. The van der Waals surface area contributed by atoms with E-state index in [-0.39, 0.29) is 17.6 Å². The van der Waals surface area contributed by atoms with Crippen LogP contribution in [-0.2, 0) is 6.54 Å². The van der Waals surface area contributed by atoms with E-state index in [9.17, 15) is 9.59 Å². The summed E-state index contributed by atoms with van der Waals surface area (Å²) >= 11 is 0. The van der Waals surface area contributed by atoms with E-state index in [1.54, 1.807) is 42.6 Å². The smallest absolute Gasteiger partial charge is 0.291 e. The average Bonchev–Trinajstić information content (AvgIpc) is 3.47. The van der Waals surface area contributed by atoms with Crippen LogP contribution in [0.5, 0.6) is 0 Å². The van der Waals surface area contributed by atoms with Gasteiger partial charge in [-0.3, -0.25) is 9.59 Å². The summed E-state index contributed by atoms with van der Waals surface area (Å²) in [6.07, 6.45) is 5.90. The Hall–Kier alpha value is -4.27. The van der Waals surface area contributed by atoms with Gasteiger partial charge in [0, 0.05) is 24.0 Å². The Kier molecular flexibility index (Phi) is 5.10. The largest absolute Gasteiger partial charge is 0.459 e. The second kappa shape index (κ2) is 8.17. The Morgan fingerprint density at radius 2 is 1.93 bits per heavy atom. The molecule has 2 N–H and O–H groups in total. The lowest BCUT2D eigenvalue weighted by Gasteiger charge is -2.08. The molecule has 9 heteroatoms. The molecule has 3 aromatic heterocycles. The van der Waals surface area contributed by atoms with Crippen LogP contribution in [0.25, 0.3) is 5.82 Å². The van der Waals surface area contributed by atoms with Crippen LogP contribution in [0.3, 0.4) is 0 Å². The van der Waals surface area contributed by atoms with Crippen LogP contribution in [0.15, 0.2) is 78.1 Å². The summed E-state index contributed by atoms with van der Waals surface area (Å²) in [6, 6.07) is 13.7. The topological polar surface area (TPSA) is 115 Å². The molecular weight excluding hydrogens is 372 g/mol. The molecule has 1 aromatic carbocycles. The summed E-state index contributed by atoms with van der Waals surface area (Å²) in [6.45, 7) is 0.340. The summed E-state index contributed by atoms with van der Waals surface area (Å²) in [5, 5.41) is 9.60. The van der Waals surface area contributed by atoms with Crippen LogP contribution in [0, 0.1) is 0 Å². The van der Waals surface area contributed by atoms with Crippen LogP contribution in [-0.4, -0.2) is 31.6 Å². The molecule has 0 aliphatic heterocycles. The number of benzene rings is 1. The Balaban J connectivity index is 1.35. The number of furan rings is 1. The van der Waals surface area contributed by atoms with Gasteiger partial charge < -0.3 is 15.1 Å². The van der Waals surface area contributed by atoms with Crippen molar-refractivity contribution in [2.75, 3.05) is 5.32 Å². The normalized spacial score (nSPS) is 10.5. The molecule has 2 amide bonds. The maximum absolute atomic E-state index is 12.4. The minimum absolute atomic E-state index is 0.232. The highest BCUT2D eigenvalue weighted by Gasteiger charge is 2.10. The van der Waals surface area contributed by atoms with Gasteiger partial charge in [0.05, 0.1) is 6.26 Å². The van der Waals surface area contributed by atoms with Gasteiger partial charge in [-0.25, -0.2) is 14.6 Å². The molecule has 3 heterocycles. The number of rotatable bonds is 6. The predicted molar refractivity (Wildman–Crippen MR) is 103 cm³/mol. The number of carbonyl (C=O) groups is 2. The first-order valence-corrected chi connectivity index (χ1v) is 8.72. The number of pyridine rings is 1. The van der Waals surface area contributed by atoms with Crippen molar-refractivity contribution in [3.05, 3.63) is 90.5 Å². The maximum Gasteiger partial charge on any atom is 0.291 e. The number of amides is 2. The van der Waals surface area contributed by atoms with Crippen LogP contribution in [0.4, 0.5) is 5.69 Å². The second-order valence-electron chi connectivity index (χ2n) is 6.05. The van der Waals surface area contributed by atoms with Crippen molar-refractivity contribution in [3.8, 4) is 5.82 Å². The molecule has 29 heavy (non-hydrogen) atoms. The van der Waals surface area contributed by atoms with Gasteiger partial charge >= 0.3 is 0 Å². The summed E-state index contributed by atoms with van der Waals surface area (Å²) in [5.41, 5.74) is 1.99. The van der Waals surface area contributed by atoms with Gasteiger partial charge in [-0.2, -0.15) is 5.10 Å². The molecule has 0 aliphatic rings. The van der Waals surface area contributed by atoms with Crippen molar-refractivity contribution in [1.82, 2.24) is 25.1 Å². The van der Waals surface area contributed by atoms with Gasteiger partial charge in [0.1, 0.15) is 12.7 Å². The molecule has 0 spiro atoms. The van der Waals surface area contributed by atoms with Crippen molar-refractivity contribution in [1.29, 1.82) is 0 Å².